The van der Waals surface area contributed by atoms with Gasteiger partial charge in [0.2, 0.25) is 0 Å². The summed E-state index contributed by atoms with van der Waals surface area (Å²) in [6.07, 6.45) is 3.64. The highest BCUT2D eigenvalue weighted by Crippen LogP contribution is 1.97. The lowest BCUT2D eigenvalue weighted by molar-refractivity contribution is -0.137. The zero-order valence-electron chi connectivity index (χ0n) is 10.8. The fourth-order valence-electron chi connectivity index (χ4n) is 1.10. The van der Waals surface area contributed by atoms with Gasteiger partial charge in [0.15, 0.2) is 16.1 Å². The molecule has 0 aliphatic carbocycles. The summed E-state index contributed by atoms with van der Waals surface area (Å²) < 4.78 is 20.5. The van der Waals surface area contributed by atoms with Crippen molar-refractivity contribution in [3.05, 3.63) is 12.2 Å². The van der Waals surface area contributed by atoms with E-state index < -0.39 is 9.76 Å². The molecule has 100 valence electrons. The topological polar surface area (TPSA) is 54.0 Å². The van der Waals surface area contributed by atoms with Crippen LogP contribution in [0.3, 0.4) is 0 Å². The first-order valence-electron chi connectivity index (χ1n) is 5.67. The number of esters is 1. The second-order valence-electron chi connectivity index (χ2n) is 3.37. The van der Waals surface area contributed by atoms with Gasteiger partial charge < -0.3 is 18.6 Å². The number of allylic oxidation sites excluding steroid dienone is 1. The maximum atomic E-state index is 11.0. The molecule has 0 fully saturated rings. The quantitative estimate of drug-likeness (QED) is 0.190. The minimum atomic E-state index is -0.638. The average molecular weight is 262 g/mol. The van der Waals surface area contributed by atoms with Crippen molar-refractivity contribution in [2.75, 3.05) is 27.4 Å². The van der Waals surface area contributed by atoms with E-state index in [1.165, 1.54) is 6.08 Å². The van der Waals surface area contributed by atoms with Crippen LogP contribution in [0.5, 0.6) is 0 Å². The molecule has 6 heteroatoms. The molecule has 0 aliphatic rings. The molecule has 0 rings (SSSR count). The molecular formula is C11H22O5Si. The Morgan fingerprint density at radius 3 is 2.76 bits per heavy atom. The van der Waals surface area contributed by atoms with Crippen LogP contribution in [0.15, 0.2) is 12.2 Å². The Labute approximate surface area is 105 Å². The van der Waals surface area contributed by atoms with Gasteiger partial charge in [0, 0.05) is 20.3 Å². The monoisotopic (exact) mass is 262 g/mol. The van der Waals surface area contributed by atoms with E-state index in [0.29, 0.717) is 13.2 Å². The van der Waals surface area contributed by atoms with E-state index in [9.17, 15) is 4.79 Å². The summed E-state index contributed by atoms with van der Waals surface area (Å²) in [5, 5.41) is 0. The number of rotatable bonds is 10. The highest BCUT2D eigenvalue weighted by Gasteiger charge is 2.05. The van der Waals surface area contributed by atoms with Crippen LogP contribution >= 0.6 is 0 Å². The standard InChI is InChI=1S/C11H22O5Si/c1-4-6-10(12)15-7-5-8-17-16-11(14-3)9-13-2/h4,6,11H,5,7-9,17H2,1-3H3. The Morgan fingerprint density at radius 2 is 2.18 bits per heavy atom. The Bertz CT molecular complexity index is 220. The van der Waals surface area contributed by atoms with Crippen molar-refractivity contribution in [2.24, 2.45) is 0 Å². The summed E-state index contributed by atoms with van der Waals surface area (Å²) in [6, 6.07) is 0.951. The molecule has 0 aromatic rings. The van der Waals surface area contributed by atoms with Gasteiger partial charge in [0.25, 0.3) is 0 Å². The highest BCUT2D eigenvalue weighted by molar-refractivity contribution is 6.27. The van der Waals surface area contributed by atoms with Crippen LogP contribution in [0.2, 0.25) is 6.04 Å². The second-order valence-corrected chi connectivity index (χ2v) is 4.81. The van der Waals surface area contributed by atoms with Gasteiger partial charge in [-0.05, 0) is 19.4 Å². The molecule has 0 saturated carbocycles. The number of ether oxygens (including phenoxy) is 3. The smallest absolute Gasteiger partial charge is 0.330 e. The van der Waals surface area contributed by atoms with Crippen molar-refractivity contribution >= 4 is 15.7 Å². The molecule has 0 spiro atoms. The zero-order valence-corrected chi connectivity index (χ0v) is 12.2. The predicted molar refractivity (Wildman–Crippen MR) is 67.5 cm³/mol. The molecule has 0 aromatic carbocycles. The lowest BCUT2D eigenvalue weighted by Crippen LogP contribution is -2.23. The van der Waals surface area contributed by atoms with Crippen molar-refractivity contribution in [3.8, 4) is 0 Å². The van der Waals surface area contributed by atoms with Crippen LogP contribution in [0.25, 0.3) is 0 Å². The Morgan fingerprint density at radius 1 is 1.41 bits per heavy atom. The third kappa shape index (κ3) is 10.2. The number of methoxy groups -OCH3 is 2. The van der Waals surface area contributed by atoms with E-state index in [0.717, 1.165) is 12.5 Å². The third-order valence-electron chi connectivity index (χ3n) is 1.96. The van der Waals surface area contributed by atoms with Gasteiger partial charge in [0.05, 0.1) is 13.2 Å². The number of carbonyl (C=O) groups is 1. The molecule has 0 heterocycles. The van der Waals surface area contributed by atoms with E-state index in [1.807, 2.05) is 0 Å². The van der Waals surface area contributed by atoms with Crippen molar-refractivity contribution in [1.82, 2.24) is 0 Å². The second kappa shape index (κ2) is 11.8. The van der Waals surface area contributed by atoms with Gasteiger partial charge in [-0.1, -0.05) is 6.08 Å². The molecule has 1 unspecified atom stereocenters. The van der Waals surface area contributed by atoms with Gasteiger partial charge in [-0.2, -0.15) is 0 Å². The number of carbonyl (C=O) groups excluding carboxylic acids is 1. The minimum Gasteiger partial charge on any atom is -0.463 e. The fourth-order valence-corrected chi connectivity index (χ4v) is 2.17. The first kappa shape index (κ1) is 16.3. The molecule has 1 atom stereocenters. The molecule has 0 bridgehead atoms. The van der Waals surface area contributed by atoms with Crippen LogP contribution in [-0.4, -0.2) is 49.5 Å². The summed E-state index contributed by atoms with van der Waals surface area (Å²) in [4.78, 5) is 11.0. The highest BCUT2D eigenvalue weighted by atomic mass is 28.2. The van der Waals surface area contributed by atoms with Crippen molar-refractivity contribution in [3.63, 3.8) is 0 Å². The van der Waals surface area contributed by atoms with Crippen LogP contribution in [0, 0.1) is 0 Å². The summed E-state index contributed by atoms with van der Waals surface area (Å²) in [5.74, 6) is -0.288. The maximum absolute atomic E-state index is 11.0. The average Bonchev–Trinajstić information content (AvgIpc) is 2.32. The molecule has 0 aromatic heterocycles. The van der Waals surface area contributed by atoms with Crippen molar-refractivity contribution in [1.29, 1.82) is 0 Å². The lowest BCUT2D eigenvalue weighted by Gasteiger charge is -2.15. The van der Waals surface area contributed by atoms with E-state index in [2.05, 4.69) is 0 Å². The number of hydrogen-bond donors (Lipinski definition) is 0. The molecule has 0 radical (unpaired) electrons. The van der Waals surface area contributed by atoms with Gasteiger partial charge >= 0.3 is 5.97 Å². The van der Waals surface area contributed by atoms with Crippen LogP contribution in [-0.2, 0) is 23.4 Å². The molecule has 5 nitrogen and oxygen atoms in total. The fraction of sp³-hybridized carbons (Fsp3) is 0.727. The Kier molecular flexibility index (Phi) is 11.3. The van der Waals surface area contributed by atoms with E-state index >= 15 is 0 Å². The van der Waals surface area contributed by atoms with Crippen LogP contribution < -0.4 is 0 Å². The molecule has 0 amide bonds. The summed E-state index contributed by atoms with van der Waals surface area (Å²) in [5.41, 5.74) is 0. The molecule has 0 N–H and O–H groups in total. The third-order valence-corrected chi connectivity index (χ3v) is 3.35. The van der Waals surface area contributed by atoms with E-state index in [4.69, 9.17) is 18.6 Å². The van der Waals surface area contributed by atoms with Crippen LogP contribution in [0.4, 0.5) is 0 Å². The predicted octanol–water partition coefficient (Wildman–Crippen LogP) is 0.633. The Balaban J connectivity index is 3.36. The van der Waals surface area contributed by atoms with Crippen LogP contribution in [0.1, 0.15) is 13.3 Å². The summed E-state index contributed by atoms with van der Waals surface area (Å²) >= 11 is 0. The summed E-state index contributed by atoms with van der Waals surface area (Å²) in [6.45, 7) is 2.67. The molecule has 0 saturated heterocycles. The van der Waals surface area contributed by atoms with Gasteiger partial charge in [-0.15, -0.1) is 0 Å². The van der Waals surface area contributed by atoms with Gasteiger partial charge in [-0.3, -0.25) is 0 Å². The maximum Gasteiger partial charge on any atom is 0.330 e. The largest absolute Gasteiger partial charge is 0.463 e. The zero-order chi connectivity index (χ0) is 12.9. The lowest BCUT2D eigenvalue weighted by atomic mass is 10.5. The molecular weight excluding hydrogens is 240 g/mol. The van der Waals surface area contributed by atoms with Gasteiger partial charge in [0.1, 0.15) is 0 Å². The van der Waals surface area contributed by atoms with Crippen molar-refractivity contribution in [2.45, 2.75) is 25.7 Å². The first-order valence-corrected chi connectivity index (χ1v) is 7.25. The molecule has 0 aliphatic heterocycles. The number of hydrogen-bond acceptors (Lipinski definition) is 5. The molecule has 17 heavy (non-hydrogen) atoms. The van der Waals surface area contributed by atoms with Crippen molar-refractivity contribution < 1.29 is 23.4 Å². The summed E-state index contributed by atoms with van der Waals surface area (Å²) in [7, 11) is 2.56. The normalized spacial score (nSPS) is 13.6. The first-order chi connectivity index (χ1) is 8.24. The minimum absolute atomic E-state index is 0.266. The van der Waals surface area contributed by atoms with E-state index in [-0.39, 0.29) is 12.3 Å². The SMILES string of the molecule is CC=CC(=O)OCCC[SiH2]OC(COC)OC. The van der Waals surface area contributed by atoms with E-state index in [1.54, 1.807) is 27.2 Å². The Hall–Kier alpha value is -0.693. The van der Waals surface area contributed by atoms with Gasteiger partial charge in [-0.25, -0.2) is 4.79 Å².